The number of carbonyl (C=O) groups is 2. The van der Waals surface area contributed by atoms with Gasteiger partial charge in [0.2, 0.25) is 0 Å². The molecule has 4 rings (SSSR count). The number of rotatable bonds is 6. The summed E-state index contributed by atoms with van der Waals surface area (Å²) in [7, 11) is 0. The number of benzene rings is 1. The van der Waals surface area contributed by atoms with Crippen LogP contribution in [0.4, 0.5) is 0 Å². The number of carbonyl (C=O) groups excluding carboxylic acids is 2. The molecule has 6 heteroatoms. The number of hydrogen-bond donors (Lipinski definition) is 1. The maximum atomic E-state index is 13.0. The molecule has 0 aliphatic heterocycles. The number of allylic oxidation sites excluding steroid dienone is 1. The van der Waals surface area contributed by atoms with E-state index in [9.17, 15) is 9.59 Å². The summed E-state index contributed by atoms with van der Waals surface area (Å²) in [5.74, 6) is -0.850. The number of fused-ring (bicyclic) bond motifs is 2. The molecule has 29 heavy (non-hydrogen) atoms. The third-order valence-electron chi connectivity index (χ3n) is 4.78. The molecule has 2 heterocycles. The Morgan fingerprint density at radius 1 is 1.21 bits per heavy atom. The standard InChI is InChI=1S/C23H20N2O3S/c1-2-11-24-20(26)14-28-23(27)21-17-7-3-4-8-19(17)25-22-15(9-10-18(21)22)13-16-6-5-12-29-16/h2-8,12-13H,1,9-11,14H2,(H,24,26)/b15-13-. The fourth-order valence-corrected chi connectivity index (χ4v) is 4.18. The summed E-state index contributed by atoms with van der Waals surface area (Å²) in [5, 5.41) is 5.39. The molecule has 1 aliphatic rings. The van der Waals surface area contributed by atoms with Crippen LogP contribution in [0.3, 0.4) is 0 Å². The van der Waals surface area contributed by atoms with Crippen molar-refractivity contribution in [3.05, 3.63) is 76.1 Å². The number of amides is 1. The highest BCUT2D eigenvalue weighted by Crippen LogP contribution is 2.38. The van der Waals surface area contributed by atoms with Crippen LogP contribution < -0.4 is 5.32 Å². The van der Waals surface area contributed by atoms with Gasteiger partial charge in [-0.3, -0.25) is 4.79 Å². The number of nitrogens with one attached hydrogen (secondary N) is 1. The molecule has 0 radical (unpaired) electrons. The van der Waals surface area contributed by atoms with Gasteiger partial charge in [-0.2, -0.15) is 0 Å². The molecular weight excluding hydrogens is 384 g/mol. The number of ether oxygens (including phenoxy) is 1. The summed E-state index contributed by atoms with van der Waals surface area (Å²) in [4.78, 5) is 30.8. The second kappa shape index (κ2) is 8.41. The normalized spacial score (nSPS) is 14.0. The number of nitrogens with zero attached hydrogens (tertiary/aromatic N) is 1. The average molecular weight is 404 g/mol. The van der Waals surface area contributed by atoms with Crippen molar-refractivity contribution in [1.29, 1.82) is 0 Å². The highest BCUT2D eigenvalue weighted by molar-refractivity contribution is 7.10. The van der Waals surface area contributed by atoms with Gasteiger partial charge in [0.15, 0.2) is 6.61 Å². The number of esters is 1. The Labute approximate surface area is 172 Å². The van der Waals surface area contributed by atoms with Gasteiger partial charge in [0.25, 0.3) is 5.91 Å². The Morgan fingerprint density at radius 2 is 2.07 bits per heavy atom. The third-order valence-corrected chi connectivity index (χ3v) is 5.60. The molecule has 1 N–H and O–H groups in total. The molecule has 0 saturated heterocycles. The number of hydrogen-bond acceptors (Lipinski definition) is 5. The first-order chi connectivity index (χ1) is 14.2. The van der Waals surface area contributed by atoms with Crippen molar-refractivity contribution >= 4 is 45.8 Å². The van der Waals surface area contributed by atoms with Gasteiger partial charge < -0.3 is 10.1 Å². The fourth-order valence-electron chi connectivity index (χ4n) is 3.50. The van der Waals surface area contributed by atoms with E-state index in [1.807, 2.05) is 35.7 Å². The van der Waals surface area contributed by atoms with E-state index in [1.165, 1.54) is 0 Å². The SMILES string of the molecule is C=CCNC(=O)COC(=O)c1c2c(nc3ccccc13)/C(=C\c1cccs1)CC2. The lowest BCUT2D eigenvalue weighted by molar-refractivity contribution is -0.124. The molecule has 2 aromatic heterocycles. The second-order valence-electron chi connectivity index (χ2n) is 6.68. The Kier molecular flexibility index (Phi) is 5.53. The van der Waals surface area contributed by atoms with Gasteiger partial charge in [0, 0.05) is 16.8 Å². The number of thiophene rings is 1. The zero-order valence-electron chi connectivity index (χ0n) is 15.8. The second-order valence-corrected chi connectivity index (χ2v) is 7.66. The number of para-hydroxylation sites is 1. The van der Waals surface area contributed by atoms with Crippen molar-refractivity contribution in [2.75, 3.05) is 13.2 Å². The lowest BCUT2D eigenvalue weighted by atomic mass is 10.0. The molecule has 0 atom stereocenters. The minimum absolute atomic E-state index is 0.323. The fraction of sp³-hybridized carbons (Fsp3) is 0.174. The molecule has 1 aliphatic carbocycles. The van der Waals surface area contributed by atoms with Crippen molar-refractivity contribution in [2.45, 2.75) is 12.8 Å². The highest BCUT2D eigenvalue weighted by Gasteiger charge is 2.27. The van der Waals surface area contributed by atoms with Crippen LogP contribution in [0.5, 0.6) is 0 Å². The minimum Gasteiger partial charge on any atom is -0.452 e. The van der Waals surface area contributed by atoms with Crippen molar-refractivity contribution in [1.82, 2.24) is 10.3 Å². The van der Waals surface area contributed by atoms with Crippen LogP contribution in [0, 0.1) is 0 Å². The zero-order valence-corrected chi connectivity index (χ0v) is 16.6. The van der Waals surface area contributed by atoms with Crippen LogP contribution in [0.2, 0.25) is 0 Å². The van der Waals surface area contributed by atoms with Gasteiger partial charge in [-0.05, 0) is 47.6 Å². The summed E-state index contributed by atoms with van der Waals surface area (Å²) < 4.78 is 5.33. The van der Waals surface area contributed by atoms with Crippen LogP contribution in [0.1, 0.15) is 32.9 Å². The Morgan fingerprint density at radius 3 is 2.86 bits per heavy atom. The van der Waals surface area contributed by atoms with Crippen LogP contribution >= 0.6 is 11.3 Å². The van der Waals surface area contributed by atoms with E-state index >= 15 is 0 Å². The first kappa shape index (κ1) is 19.1. The van der Waals surface area contributed by atoms with Gasteiger partial charge in [0.05, 0.1) is 16.8 Å². The Bertz CT molecular complexity index is 1120. The van der Waals surface area contributed by atoms with Crippen molar-refractivity contribution in [3.63, 3.8) is 0 Å². The Hall–Kier alpha value is -3.25. The van der Waals surface area contributed by atoms with E-state index in [0.29, 0.717) is 12.1 Å². The van der Waals surface area contributed by atoms with E-state index < -0.39 is 5.97 Å². The van der Waals surface area contributed by atoms with E-state index in [4.69, 9.17) is 9.72 Å². The molecule has 146 valence electrons. The molecule has 1 aromatic carbocycles. The van der Waals surface area contributed by atoms with Crippen molar-refractivity contribution in [2.24, 2.45) is 0 Å². The molecule has 0 saturated carbocycles. The molecule has 0 unspecified atom stereocenters. The van der Waals surface area contributed by atoms with Crippen molar-refractivity contribution < 1.29 is 14.3 Å². The van der Waals surface area contributed by atoms with Crippen LogP contribution in [-0.4, -0.2) is 30.0 Å². The van der Waals surface area contributed by atoms with E-state index in [0.717, 1.165) is 45.5 Å². The molecule has 0 spiro atoms. The van der Waals surface area contributed by atoms with Crippen LogP contribution in [0.15, 0.2) is 54.4 Å². The maximum Gasteiger partial charge on any atom is 0.339 e. The van der Waals surface area contributed by atoms with Crippen LogP contribution in [0.25, 0.3) is 22.6 Å². The predicted molar refractivity (Wildman–Crippen MR) is 116 cm³/mol. The first-order valence-corrected chi connectivity index (χ1v) is 10.3. The van der Waals surface area contributed by atoms with Gasteiger partial charge >= 0.3 is 5.97 Å². The summed E-state index contributed by atoms with van der Waals surface area (Å²) in [6.07, 6.45) is 5.24. The summed E-state index contributed by atoms with van der Waals surface area (Å²) in [6.45, 7) is 3.56. The van der Waals surface area contributed by atoms with E-state index in [2.05, 4.69) is 24.0 Å². The lowest BCUT2D eigenvalue weighted by Crippen LogP contribution is -2.29. The zero-order chi connectivity index (χ0) is 20.2. The largest absolute Gasteiger partial charge is 0.452 e. The van der Waals surface area contributed by atoms with Gasteiger partial charge in [-0.15, -0.1) is 17.9 Å². The molecule has 1 amide bonds. The Balaban J connectivity index is 1.71. The molecular formula is C23H20N2O3S. The number of pyridine rings is 1. The number of aromatic nitrogens is 1. The summed E-state index contributed by atoms with van der Waals surface area (Å²) >= 11 is 1.67. The molecule has 5 nitrogen and oxygen atoms in total. The lowest BCUT2D eigenvalue weighted by Gasteiger charge is -2.12. The van der Waals surface area contributed by atoms with Crippen molar-refractivity contribution in [3.8, 4) is 0 Å². The smallest absolute Gasteiger partial charge is 0.339 e. The molecule has 3 aromatic rings. The predicted octanol–water partition coefficient (Wildman–Crippen LogP) is 4.24. The molecule has 0 bridgehead atoms. The topological polar surface area (TPSA) is 68.3 Å². The molecule has 0 fully saturated rings. The third kappa shape index (κ3) is 3.98. The van der Waals surface area contributed by atoms with Gasteiger partial charge in [0.1, 0.15) is 0 Å². The quantitative estimate of drug-likeness (QED) is 0.493. The van der Waals surface area contributed by atoms with E-state index in [-0.39, 0.29) is 12.5 Å². The first-order valence-electron chi connectivity index (χ1n) is 9.38. The summed E-state index contributed by atoms with van der Waals surface area (Å²) in [5.41, 5.74) is 4.11. The minimum atomic E-state index is -0.494. The highest BCUT2D eigenvalue weighted by atomic mass is 32.1. The summed E-state index contributed by atoms with van der Waals surface area (Å²) in [6, 6.07) is 11.6. The van der Waals surface area contributed by atoms with Gasteiger partial charge in [-0.1, -0.05) is 30.3 Å². The van der Waals surface area contributed by atoms with Crippen LogP contribution in [-0.2, 0) is 16.0 Å². The van der Waals surface area contributed by atoms with E-state index in [1.54, 1.807) is 17.4 Å². The average Bonchev–Trinajstić information content (AvgIpc) is 3.39. The van der Waals surface area contributed by atoms with Gasteiger partial charge in [-0.25, -0.2) is 9.78 Å². The maximum absolute atomic E-state index is 13.0. The monoisotopic (exact) mass is 404 g/mol.